The summed E-state index contributed by atoms with van der Waals surface area (Å²) in [7, 11) is 1.61. The fourth-order valence-corrected chi connectivity index (χ4v) is 3.43. The summed E-state index contributed by atoms with van der Waals surface area (Å²) in [5.74, 6) is 2.05. The van der Waals surface area contributed by atoms with Crippen LogP contribution in [0.1, 0.15) is 23.3 Å². The number of likely N-dealkylation sites (N-methyl/N-ethyl adjacent to an activating group) is 1. The van der Waals surface area contributed by atoms with E-state index in [4.69, 9.17) is 0 Å². The second-order valence-corrected chi connectivity index (χ2v) is 6.65. The first-order chi connectivity index (χ1) is 11.5. The van der Waals surface area contributed by atoms with Crippen LogP contribution in [0.2, 0.25) is 0 Å². The molecule has 0 atom stereocenters. The molecule has 0 aliphatic rings. The number of thiophene rings is 1. The molecule has 0 fully saturated rings. The lowest BCUT2D eigenvalue weighted by Crippen LogP contribution is -2.24. The monoisotopic (exact) mass is 344 g/mol. The first-order valence-corrected chi connectivity index (χ1v) is 8.61. The number of carbonyl (C=O) groups excluding carboxylic acids is 1. The normalized spacial score (nSPS) is 11.0. The van der Waals surface area contributed by atoms with Crippen LogP contribution in [0.25, 0.3) is 10.2 Å². The number of amides is 1. The van der Waals surface area contributed by atoms with Gasteiger partial charge in [-0.1, -0.05) is 6.92 Å². The van der Waals surface area contributed by atoms with E-state index in [1.54, 1.807) is 23.1 Å². The van der Waals surface area contributed by atoms with Crippen molar-refractivity contribution in [1.82, 2.24) is 25.1 Å². The van der Waals surface area contributed by atoms with Gasteiger partial charge in [0.15, 0.2) is 5.82 Å². The molecule has 3 aromatic rings. The molecule has 3 rings (SSSR count). The van der Waals surface area contributed by atoms with Crippen LogP contribution in [0.5, 0.6) is 0 Å². The molecule has 0 spiro atoms. The zero-order valence-corrected chi connectivity index (χ0v) is 15.0. The van der Waals surface area contributed by atoms with Gasteiger partial charge in [-0.15, -0.1) is 11.3 Å². The number of aromatic nitrogens is 4. The molecule has 0 radical (unpaired) electrons. The molecule has 0 aliphatic heterocycles. The van der Waals surface area contributed by atoms with E-state index in [1.807, 2.05) is 19.9 Å². The van der Waals surface area contributed by atoms with Gasteiger partial charge in [0.2, 0.25) is 5.91 Å². The minimum absolute atomic E-state index is 0.0848. The average Bonchev–Trinajstić information content (AvgIpc) is 3.10. The van der Waals surface area contributed by atoms with Crippen molar-refractivity contribution in [3.05, 3.63) is 28.5 Å². The van der Waals surface area contributed by atoms with Crippen LogP contribution in [0.3, 0.4) is 0 Å². The third-order valence-electron chi connectivity index (χ3n) is 3.70. The number of hydrogen-bond donors (Lipinski definition) is 2. The number of nitrogens with zero attached hydrogens (tertiary/aromatic N) is 4. The summed E-state index contributed by atoms with van der Waals surface area (Å²) in [6.45, 7) is 6.12. The number of nitrogens with one attached hydrogen (secondary N) is 2. The van der Waals surface area contributed by atoms with Crippen molar-refractivity contribution in [1.29, 1.82) is 0 Å². The largest absolute Gasteiger partial charge is 0.358 e. The van der Waals surface area contributed by atoms with Crippen molar-refractivity contribution in [2.24, 2.45) is 0 Å². The first kappa shape index (κ1) is 16.4. The van der Waals surface area contributed by atoms with Crippen molar-refractivity contribution in [3.8, 4) is 0 Å². The number of anilines is 2. The van der Waals surface area contributed by atoms with Crippen molar-refractivity contribution >= 4 is 39.1 Å². The summed E-state index contributed by atoms with van der Waals surface area (Å²) in [6, 6.07) is 4.02. The summed E-state index contributed by atoms with van der Waals surface area (Å²) in [5.41, 5.74) is 0.905. The molecule has 24 heavy (non-hydrogen) atoms. The van der Waals surface area contributed by atoms with Crippen LogP contribution in [-0.4, -0.2) is 32.7 Å². The molecule has 2 N–H and O–H groups in total. The van der Waals surface area contributed by atoms with Gasteiger partial charge in [0, 0.05) is 23.7 Å². The van der Waals surface area contributed by atoms with Gasteiger partial charge in [-0.2, -0.15) is 5.10 Å². The van der Waals surface area contributed by atoms with Crippen LogP contribution >= 0.6 is 11.3 Å². The summed E-state index contributed by atoms with van der Waals surface area (Å²) >= 11 is 1.69. The summed E-state index contributed by atoms with van der Waals surface area (Å²) in [6.07, 6.45) is 0.972. The van der Waals surface area contributed by atoms with Gasteiger partial charge < -0.3 is 10.6 Å². The molecule has 0 saturated carbocycles. The van der Waals surface area contributed by atoms with Gasteiger partial charge in [-0.3, -0.25) is 9.48 Å². The van der Waals surface area contributed by atoms with E-state index < -0.39 is 0 Å². The highest BCUT2D eigenvalue weighted by molar-refractivity contribution is 7.18. The molecule has 0 bridgehead atoms. The highest BCUT2D eigenvalue weighted by atomic mass is 32.1. The molecule has 0 aromatic carbocycles. The Labute approximate surface area is 144 Å². The Kier molecular flexibility index (Phi) is 4.48. The van der Waals surface area contributed by atoms with Crippen LogP contribution in [0.4, 0.5) is 11.6 Å². The van der Waals surface area contributed by atoms with E-state index >= 15 is 0 Å². The van der Waals surface area contributed by atoms with Crippen molar-refractivity contribution in [2.75, 3.05) is 12.4 Å². The van der Waals surface area contributed by atoms with E-state index in [0.29, 0.717) is 5.82 Å². The smallest absolute Gasteiger partial charge is 0.241 e. The second-order valence-electron chi connectivity index (χ2n) is 5.53. The Morgan fingerprint density at radius 3 is 2.79 bits per heavy atom. The Morgan fingerprint density at radius 2 is 2.08 bits per heavy atom. The van der Waals surface area contributed by atoms with Gasteiger partial charge in [0.1, 0.15) is 23.0 Å². The molecule has 3 aromatic heterocycles. The third-order valence-corrected chi connectivity index (χ3v) is 4.88. The maximum absolute atomic E-state index is 11.5. The van der Waals surface area contributed by atoms with Crippen molar-refractivity contribution < 1.29 is 4.79 Å². The fraction of sp³-hybridized carbons (Fsp3) is 0.375. The predicted molar refractivity (Wildman–Crippen MR) is 95.8 cm³/mol. The van der Waals surface area contributed by atoms with Crippen LogP contribution in [0.15, 0.2) is 12.1 Å². The molecule has 1 amide bonds. The van der Waals surface area contributed by atoms with E-state index in [2.05, 4.69) is 38.7 Å². The minimum Gasteiger partial charge on any atom is -0.358 e. The predicted octanol–water partition coefficient (Wildman–Crippen LogP) is 2.56. The first-order valence-electron chi connectivity index (χ1n) is 7.79. The van der Waals surface area contributed by atoms with Crippen LogP contribution < -0.4 is 10.6 Å². The van der Waals surface area contributed by atoms with E-state index in [-0.39, 0.29) is 12.5 Å². The highest BCUT2D eigenvalue weighted by Gasteiger charge is 2.13. The van der Waals surface area contributed by atoms with Crippen molar-refractivity contribution in [3.63, 3.8) is 0 Å². The minimum atomic E-state index is -0.0848. The van der Waals surface area contributed by atoms with Gasteiger partial charge >= 0.3 is 0 Å². The molecule has 3 heterocycles. The molecular weight excluding hydrogens is 324 g/mol. The van der Waals surface area contributed by atoms with Crippen LogP contribution in [0, 0.1) is 13.8 Å². The maximum atomic E-state index is 11.5. The Morgan fingerprint density at radius 1 is 1.29 bits per heavy atom. The van der Waals surface area contributed by atoms with E-state index in [0.717, 1.165) is 34.0 Å². The average molecular weight is 344 g/mol. The number of rotatable bonds is 5. The van der Waals surface area contributed by atoms with Crippen molar-refractivity contribution in [2.45, 2.75) is 33.7 Å². The number of hydrogen-bond acceptors (Lipinski definition) is 6. The molecule has 7 nitrogen and oxygen atoms in total. The molecule has 0 unspecified atom stereocenters. The Balaban J connectivity index is 1.93. The lowest BCUT2D eigenvalue weighted by atomic mass is 10.3. The molecular formula is C16H20N6OS. The second kappa shape index (κ2) is 6.56. The zero-order valence-electron chi connectivity index (χ0n) is 14.2. The fourth-order valence-electron chi connectivity index (χ4n) is 2.42. The summed E-state index contributed by atoms with van der Waals surface area (Å²) in [5, 5.41) is 11.3. The molecule has 0 saturated heterocycles. The SMILES string of the molecule is CCc1cc2c(Nc3cc(C)n(CC(=O)NC)n3)nc(C)nc2s1. The topological polar surface area (TPSA) is 84.7 Å². The summed E-state index contributed by atoms with van der Waals surface area (Å²) < 4.78 is 1.66. The summed E-state index contributed by atoms with van der Waals surface area (Å²) in [4.78, 5) is 22.8. The number of carbonyl (C=O) groups is 1. The number of fused-ring (bicyclic) bond motifs is 1. The zero-order chi connectivity index (χ0) is 17.3. The van der Waals surface area contributed by atoms with E-state index in [1.165, 1.54) is 4.88 Å². The molecule has 8 heteroatoms. The Hall–Kier alpha value is -2.48. The quantitative estimate of drug-likeness (QED) is 0.743. The third kappa shape index (κ3) is 3.23. The lowest BCUT2D eigenvalue weighted by Gasteiger charge is -2.05. The van der Waals surface area contributed by atoms with Gasteiger partial charge in [0.05, 0.1) is 5.39 Å². The highest BCUT2D eigenvalue weighted by Crippen LogP contribution is 2.30. The lowest BCUT2D eigenvalue weighted by molar-refractivity contribution is -0.121. The van der Waals surface area contributed by atoms with E-state index in [9.17, 15) is 4.79 Å². The number of aryl methyl sites for hydroxylation is 3. The van der Waals surface area contributed by atoms with Gasteiger partial charge in [-0.05, 0) is 26.3 Å². The molecule has 0 aliphatic carbocycles. The standard InChI is InChI=1S/C16H20N6OS/c1-5-11-7-12-15(18-10(3)19-16(12)24-11)20-13-6-9(2)22(21-13)8-14(23)17-4/h6-7H,5,8H2,1-4H3,(H,17,23)(H,18,19,20,21). The van der Waals surface area contributed by atoms with Crippen LogP contribution in [-0.2, 0) is 17.8 Å². The van der Waals surface area contributed by atoms with Gasteiger partial charge in [0.25, 0.3) is 0 Å². The Bertz CT molecular complexity index is 897. The molecule has 126 valence electrons. The maximum Gasteiger partial charge on any atom is 0.241 e. The van der Waals surface area contributed by atoms with Gasteiger partial charge in [-0.25, -0.2) is 9.97 Å².